The van der Waals surface area contributed by atoms with Crippen molar-refractivity contribution in [2.45, 2.75) is 6.42 Å². The molecule has 8 heteroatoms. The third-order valence-electron chi connectivity index (χ3n) is 3.90. The summed E-state index contributed by atoms with van der Waals surface area (Å²) in [4.78, 5) is 28.9. The van der Waals surface area contributed by atoms with Crippen LogP contribution < -0.4 is 15.7 Å². The second kappa shape index (κ2) is 6.81. The Morgan fingerprint density at radius 2 is 1.59 bits per heavy atom. The third-order valence-corrected chi connectivity index (χ3v) is 4.86. The maximum absolute atomic E-state index is 13.0. The highest BCUT2D eigenvalue weighted by atomic mass is 32.1. The highest BCUT2D eigenvalue weighted by Gasteiger charge is 2.11. The Morgan fingerprint density at radius 1 is 0.963 bits per heavy atom. The molecule has 134 valence electrons. The summed E-state index contributed by atoms with van der Waals surface area (Å²) < 4.78 is 27.4. The van der Waals surface area contributed by atoms with Crippen LogP contribution in [-0.4, -0.2) is 14.6 Å². The SMILES string of the molecule is O=c1nc2s/c(=C\c3ccc(F)cc3)c(=O)n2nc1Cc1ccc(F)cc1. The summed E-state index contributed by atoms with van der Waals surface area (Å²) in [6, 6.07) is 11.4. The molecule has 2 aromatic carbocycles. The Bertz CT molecular complexity index is 1300. The fourth-order valence-corrected chi connectivity index (χ4v) is 3.46. The summed E-state index contributed by atoms with van der Waals surface area (Å²) in [5.41, 5.74) is 0.487. The lowest BCUT2D eigenvalue weighted by atomic mass is 10.1. The normalized spacial score (nSPS) is 12.0. The number of thiazole rings is 1. The zero-order valence-electron chi connectivity index (χ0n) is 13.7. The minimum atomic E-state index is -0.533. The van der Waals surface area contributed by atoms with E-state index in [-0.39, 0.29) is 28.7 Å². The van der Waals surface area contributed by atoms with Crippen molar-refractivity contribution in [3.05, 3.63) is 102 Å². The van der Waals surface area contributed by atoms with E-state index in [0.717, 1.165) is 15.9 Å². The zero-order chi connectivity index (χ0) is 19.0. The number of hydrogen-bond acceptors (Lipinski definition) is 5. The van der Waals surface area contributed by atoms with Crippen molar-refractivity contribution in [1.29, 1.82) is 0 Å². The van der Waals surface area contributed by atoms with Crippen LogP contribution in [0.25, 0.3) is 11.0 Å². The smallest absolute Gasteiger partial charge is 0.266 e. The van der Waals surface area contributed by atoms with Crippen LogP contribution in [0.2, 0.25) is 0 Å². The summed E-state index contributed by atoms with van der Waals surface area (Å²) in [5.74, 6) is -0.748. The molecule has 0 spiro atoms. The van der Waals surface area contributed by atoms with Crippen LogP contribution in [0, 0.1) is 11.6 Å². The van der Waals surface area contributed by atoms with E-state index in [1.165, 1.54) is 24.3 Å². The number of hydrogen-bond donors (Lipinski definition) is 0. The van der Waals surface area contributed by atoms with Gasteiger partial charge < -0.3 is 0 Å². The van der Waals surface area contributed by atoms with Crippen molar-refractivity contribution in [2.24, 2.45) is 0 Å². The number of benzene rings is 2. The fourth-order valence-electron chi connectivity index (χ4n) is 2.56. The first-order chi connectivity index (χ1) is 13.0. The lowest BCUT2D eigenvalue weighted by Gasteiger charge is -2.00. The Labute approximate surface area is 154 Å². The summed E-state index contributed by atoms with van der Waals surface area (Å²) in [7, 11) is 0. The predicted octanol–water partition coefficient (Wildman–Crippen LogP) is 1.93. The van der Waals surface area contributed by atoms with Crippen LogP contribution in [-0.2, 0) is 6.42 Å². The number of fused-ring (bicyclic) bond motifs is 1. The van der Waals surface area contributed by atoms with E-state index in [1.807, 2.05) is 0 Å². The van der Waals surface area contributed by atoms with Crippen LogP contribution in [0.3, 0.4) is 0 Å². The Balaban J connectivity index is 1.79. The largest absolute Gasteiger partial charge is 0.296 e. The fraction of sp³-hybridized carbons (Fsp3) is 0.0526. The van der Waals surface area contributed by atoms with E-state index in [2.05, 4.69) is 10.1 Å². The van der Waals surface area contributed by atoms with Gasteiger partial charge in [0.25, 0.3) is 11.1 Å². The highest BCUT2D eigenvalue weighted by molar-refractivity contribution is 7.15. The van der Waals surface area contributed by atoms with Crippen LogP contribution in [0.15, 0.2) is 58.1 Å². The van der Waals surface area contributed by atoms with E-state index < -0.39 is 11.1 Å². The monoisotopic (exact) mass is 383 g/mol. The van der Waals surface area contributed by atoms with Crippen LogP contribution >= 0.6 is 11.3 Å². The van der Waals surface area contributed by atoms with E-state index in [1.54, 1.807) is 30.3 Å². The molecule has 5 nitrogen and oxygen atoms in total. The van der Waals surface area contributed by atoms with Gasteiger partial charge in [0.1, 0.15) is 17.3 Å². The topological polar surface area (TPSA) is 64.3 Å². The van der Waals surface area contributed by atoms with Gasteiger partial charge in [0, 0.05) is 6.42 Å². The van der Waals surface area contributed by atoms with Crippen molar-refractivity contribution in [3.8, 4) is 0 Å². The summed E-state index contributed by atoms with van der Waals surface area (Å²) in [6.45, 7) is 0. The molecule has 0 amide bonds. The first-order valence-electron chi connectivity index (χ1n) is 7.94. The van der Waals surface area contributed by atoms with Crippen molar-refractivity contribution in [1.82, 2.24) is 14.6 Å². The molecular weight excluding hydrogens is 372 g/mol. The van der Waals surface area contributed by atoms with Crippen LogP contribution in [0.5, 0.6) is 0 Å². The van der Waals surface area contributed by atoms with Gasteiger partial charge in [-0.1, -0.05) is 35.6 Å². The molecule has 0 aliphatic carbocycles. The molecule has 0 aliphatic rings. The molecule has 0 radical (unpaired) electrons. The van der Waals surface area contributed by atoms with E-state index in [4.69, 9.17) is 0 Å². The highest BCUT2D eigenvalue weighted by Crippen LogP contribution is 2.07. The first kappa shape index (κ1) is 17.2. The van der Waals surface area contributed by atoms with E-state index >= 15 is 0 Å². The lowest BCUT2D eigenvalue weighted by molar-refractivity contribution is 0.627. The van der Waals surface area contributed by atoms with Gasteiger partial charge in [0.05, 0.1) is 4.53 Å². The van der Waals surface area contributed by atoms with Crippen LogP contribution in [0.4, 0.5) is 8.78 Å². The Morgan fingerprint density at radius 3 is 2.26 bits per heavy atom. The maximum atomic E-state index is 13.0. The molecule has 2 aromatic heterocycles. The molecule has 0 N–H and O–H groups in total. The molecular formula is C19H11F2N3O2S. The number of nitrogens with zero attached hydrogens (tertiary/aromatic N) is 3. The van der Waals surface area contributed by atoms with Gasteiger partial charge in [-0.15, -0.1) is 0 Å². The molecule has 0 unspecified atom stereocenters. The molecule has 2 heterocycles. The van der Waals surface area contributed by atoms with Crippen LogP contribution in [0.1, 0.15) is 16.8 Å². The molecule has 27 heavy (non-hydrogen) atoms. The molecule has 4 aromatic rings. The van der Waals surface area contributed by atoms with Crippen molar-refractivity contribution in [2.75, 3.05) is 0 Å². The standard InChI is InChI=1S/C19H11F2N3O2S/c20-13-5-1-11(2-6-13)9-15-17(25)22-19-24(23-15)18(26)16(27-19)10-12-3-7-14(21)8-4-12/h1-8,10H,9H2/b16-10-. The minimum Gasteiger partial charge on any atom is -0.266 e. The van der Waals surface area contributed by atoms with E-state index in [9.17, 15) is 18.4 Å². The molecule has 0 aliphatic heterocycles. The maximum Gasteiger partial charge on any atom is 0.296 e. The molecule has 0 fully saturated rings. The summed E-state index contributed by atoms with van der Waals surface area (Å²) in [6.07, 6.45) is 1.73. The van der Waals surface area contributed by atoms with Gasteiger partial charge in [0.2, 0.25) is 4.96 Å². The van der Waals surface area contributed by atoms with Gasteiger partial charge >= 0.3 is 0 Å². The second-order valence-corrected chi connectivity index (χ2v) is 6.84. The average Bonchev–Trinajstić information content (AvgIpc) is 2.94. The molecule has 0 atom stereocenters. The van der Waals surface area contributed by atoms with Gasteiger partial charge in [-0.25, -0.2) is 8.78 Å². The quantitative estimate of drug-likeness (QED) is 0.542. The molecule has 0 saturated heterocycles. The second-order valence-electron chi connectivity index (χ2n) is 5.83. The molecule has 4 rings (SSSR count). The first-order valence-corrected chi connectivity index (χ1v) is 8.76. The van der Waals surface area contributed by atoms with Crippen molar-refractivity contribution >= 4 is 22.4 Å². The van der Waals surface area contributed by atoms with Gasteiger partial charge in [-0.3, -0.25) is 9.59 Å². The molecule has 0 saturated carbocycles. The number of halogens is 2. The van der Waals surface area contributed by atoms with Crippen molar-refractivity contribution in [3.63, 3.8) is 0 Å². The average molecular weight is 383 g/mol. The third kappa shape index (κ3) is 3.52. The number of rotatable bonds is 3. The zero-order valence-corrected chi connectivity index (χ0v) is 14.5. The summed E-state index contributed by atoms with van der Waals surface area (Å²) >= 11 is 1.03. The number of aromatic nitrogens is 3. The van der Waals surface area contributed by atoms with E-state index in [0.29, 0.717) is 15.7 Å². The van der Waals surface area contributed by atoms with Gasteiger partial charge in [-0.2, -0.15) is 14.6 Å². The Kier molecular flexibility index (Phi) is 4.33. The predicted molar refractivity (Wildman–Crippen MR) is 97.8 cm³/mol. The minimum absolute atomic E-state index is 0.0994. The van der Waals surface area contributed by atoms with Crippen molar-refractivity contribution < 1.29 is 8.78 Å². The summed E-state index contributed by atoms with van der Waals surface area (Å²) in [5, 5.41) is 4.13. The molecule has 0 bridgehead atoms. The van der Waals surface area contributed by atoms with Gasteiger partial charge in [0.15, 0.2) is 0 Å². The van der Waals surface area contributed by atoms with Gasteiger partial charge in [-0.05, 0) is 41.5 Å². The lowest BCUT2D eigenvalue weighted by Crippen LogP contribution is -2.28. The Hall–Kier alpha value is -3.26.